The van der Waals surface area contributed by atoms with E-state index in [0.29, 0.717) is 40.0 Å². The second-order valence-corrected chi connectivity index (χ2v) is 8.44. The molecule has 4 aromatic rings. The molecule has 4 rings (SSSR count). The van der Waals surface area contributed by atoms with Crippen molar-refractivity contribution in [3.63, 3.8) is 0 Å². The van der Waals surface area contributed by atoms with Crippen LogP contribution >= 0.6 is 11.3 Å². The molecule has 0 aliphatic rings. The first-order chi connectivity index (χ1) is 15.4. The Bertz CT molecular complexity index is 1240. The minimum atomic E-state index is -0.749. The van der Waals surface area contributed by atoms with Gasteiger partial charge in [0.2, 0.25) is 0 Å². The molecule has 164 valence electrons. The van der Waals surface area contributed by atoms with E-state index in [4.69, 9.17) is 4.74 Å². The van der Waals surface area contributed by atoms with Crippen molar-refractivity contribution in [2.24, 2.45) is 0 Å². The molecule has 32 heavy (non-hydrogen) atoms. The van der Waals surface area contributed by atoms with Crippen molar-refractivity contribution in [2.45, 2.75) is 0 Å². The molecule has 1 heterocycles. The summed E-state index contributed by atoms with van der Waals surface area (Å²) in [5, 5.41) is 0.311. The predicted octanol–water partition coefficient (Wildman–Crippen LogP) is 5.58. The minimum Gasteiger partial charge on any atom is -0.457 e. The van der Waals surface area contributed by atoms with Crippen molar-refractivity contribution in [3.05, 3.63) is 83.9 Å². The van der Waals surface area contributed by atoms with Crippen molar-refractivity contribution < 1.29 is 18.3 Å². The summed E-state index contributed by atoms with van der Waals surface area (Å²) >= 11 is 1.08. The molecule has 0 radical (unpaired) electrons. The van der Waals surface area contributed by atoms with Crippen LogP contribution in [0.3, 0.4) is 0 Å². The zero-order valence-electron chi connectivity index (χ0n) is 17.6. The standard InChI is InChI=1S/C24H21F2N3O2S/c1-28(2)11-12-29(24-27-22-20(26)14-17(25)15-21(22)32-24)23(30)16-7-6-10-19(13-16)31-18-8-4-3-5-9-18/h3-10,13-15H,11-12H2,1-2H3. The number of likely N-dealkylation sites (N-methyl/N-ethyl adjacent to an activating group) is 1. The van der Waals surface area contributed by atoms with Crippen LogP contribution in [0.15, 0.2) is 66.7 Å². The lowest BCUT2D eigenvalue weighted by molar-refractivity contribution is 0.0985. The van der Waals surface area contributed by atoms with Gasteiger partial charge in [0.25, 0.3) is 5.91 Å². The number of carbonyl (C=O) groups is 1. The van der Waals surface area contributed by atoms with Crippen molar-refractivity contribution in [2.75, 3.05) is 32.1 Å². The van der Waals surface area contributed by atoms with Gasteiger partial charge in [0.15, 0.2) is 10.9 Å². The van der Waals surface area contributed by atoms with Gasteiger partial charge in [-0.2, -0.15) is 0 Å². The summed E-state index contributed by atoms with van der Waals surface area (Å²) in [5.41, 5.74) is 0.457. The molecule has 5 nitrogen and oxygen atoms in total. The van der Waals surface area contributed by atoms with Gasteiger partial charge < -0.3 is 9.64 Å². The highest BCUT2D eigenvalue weighted by atomic mass is 32.1. The smallest absolute Gasteiger partial charge is 0.260 e. The molecule has 0 aliphatic carbocycles. The Morgan fingerprint density at radius 1 is 0.969 bits per heavy atom. The quantitative estimate of drug-likeness (QED) is 0.367. The second kappa shape index (κ2) is 9.42. The van der Waals surface area contributed by atoms with Crippen LogP contribution in [0.4, 0.5) is 13.9 Å². The summed E-state index contributed by atoms with van der Waals surface area (Å²) in [6.45, 7) is 0.901. The fourth-order valence-corrected chi connectivity index (χ4v) is 4.15. The number of fused-ring (bicyclic) bond motifs is 1. The average Bonchev–Trinajstić information content (AvgIpc) is 3.18. The molecule has 1 aromatic heterocycles. The molecule has 1 amide bonds. The predicted molar refractivity (Wildman–Crippen MR) is 123 cm³/mol. The van der Waals surface area contributed by atoms with Crippen LogP contribution in [-0.2, 0) is 0 Å². The molecule has 0 fully saturated rings. The Hall–Kier alpha value is -3.36. The van der Waals surface area contributed by atoms with Crippen LogP contribution in [0.25, 0.3) is 10.2 Å². The molecule has 0 bridgehead atoms. The lowest BCUT2D eigenvalue weighted by Gasteiger charge is -2.22. The first-order valence-corrected chi connectivity index (χ1v) is 10.8. The number of benzene rings is 3. The van der Waals surface area contributed by atoms with E-state index in [1.54, 1.807) is 24.3 Å². The number of rotatable bonds is 7. The lowest BCUT2D eigenvalue weighted by atomic mass is 10.2. The number of para-hydroxylation sites is 1. The molecule has 0 N–H and O–H groups in total. The Morgan fingerprint density at radius 2 is 1.72 bits per heavy atom. The van der Waals surface area contributed by atoms with E-state index in [2.05, 4.69) is 4.98 Å². The Balaban J connectivity index is 1.67. The van der Waals surface area contributed by atoms with Crippen LogP contribution in [0.5, 0.6) is 11.5 Å². The number of anilines is 1. The molecule has 0 saturated carbocycles. The van der Waals surface area contributed by atoms with Crippen molar-refractivity contribution in [1.29, 1.82) is 0 Å². The van der Waals surface area contributed by atoms with E-state index < -0.39 is 11.6 Å². The summed E-state index contributed by atoms with van der Waals surface area (Å²) in [4.78, 5) is 21.2. The summed E-state index contributed by atoms with van der Waals surface area (Å²) < 4.78 is 34.0. The third-order valence-electron chi connectivity index (χ3n) is 4.71. The SMILES string of the molecule is CN(C)CCN(C(=O)c1cccc(Oc2ccccc2)c1)c1nc2c(F)cc(F)cc2s1. The van der Waals surface area contributed by atoms with Gasteiger partial charge >= 0.3 is 0 Å². The van der Waals surface area contributed by atoms with Crippen LogP contribution in [-0.4, -0.2) is 43.0 Å². The van der Waals surface area contributed by atoms with Gasteiger partial charge in [-0.25, -0.2) is 13.8 Å². The molecule has 0 saturated heterocycles. The van der Waals surface area contributed by atoms with E-state index in [1.807, 2.05) is 49.3 Å². The number of hydrogen-bond acceptors (Lipinski definition) is 5. The highest BCUT2D eigenvalue weighted by molar-refractivity contribution is 7.22. The number of hydrogen-bond donors (Lipinski definition) is 0. The number of nitrogens with zero attached hydrogens (tertiary/aromatic N) is 3. The number of carbonyl (C=O) groups excluding carboxylic acids is 1. The van der Waals surface area contributed by atoms with Crippen LogP contribution in [0, 0.1) is 11.6 Å². The summed E-state index contributed by atoms with van der Waals surface area (Å²) in [5.74, 6) is -0.551. The molecular weight excluding hydrogens is 432 g/mol. The van der Waals surface area contributed by atoms with Gasteiger partial charge in [-0.05, 0) is 50.5 Å². The van der Waals surface area contributed by atoms with Gasteiger partial charge in [0, 0.05) is 24.7 Å². The zero-order chi connectivity index (χ0) is 22.7. The van der Waals surface area contributed by atoms with E-state index in [1.165, 1.54) is 11.0 Å². The minimum absolute atomic E-state index is 0.0511. The van der Waals surface area contributed by atoms with E-state index in [-0.39, 0.29) is 11.4 Å². The Kier molecular flexibility index (Phi) is 6.43. The first-order valence-electron chi connectivity index (χ1n) is 9.96. The Morgan fingerprint density at radius 3 is 2.47 bits per heavy atom. The van der Waals surface area contributed by atoms with Gasteiger partial charge in [-0.3, -0.25) is 9.69 Å². The average molecular weight is 454 g/mol. The van der Waals surface area contributed by atoms with Gasteiger partial charge in [-0.15, -0.1) is 0 Å². The van der Waals surface area contributed by atoms with Gasteiger partial charge in [-0.1, -0.05) is 35.6 Å². The maximum Gasteiger partial charge on any atom is 0.260 e. The third kappa shape index (κ3) is 4.92. The maximum absolute atomic E-state index is 14.2. The van der Waals surface area contributed by atoms with Crippen molar-refractivity contribution in [1.82, 2.24) is 9.88 Å². The normalized spacial score (nSPS) is 11.2. The summed E-state index contributed by atoms with van der Waals surface area (Å²) in [7, 11) is 3.79. The first kappa shape index (κ1) is 21.9. The molecule has 0 unspecified atom stereocenters. The second-order valence-electron chi connectivity index (χ2n) is 7.43. The monoisotopic (exact) mass is 453 g/mol. The number of amides is 1. The van der Waals surface area contributed by atoms with Gasteiger partial charge in [0.05, 0.1) is 4.70 Å². The molecule has 0 atom stereocenters. The molecule has 8 heteroatoms. The number of ether oxygens (including phenoxy) is 1. The number of aromatic nitrogens is 1. The summed E-state index contributed by atoms with van der Waals surface area (Å²) in [6.07, 6.45) is 0. The third-order valence-corrected chi connectivity index (χ3v) is 5.73. The van der Waals surface area contributed by atoms with Gasteiger partial charge in [0.1, 0.15) is 22.8 Å². The molecular formula is C24H21F2N3O2S. The topological polar surface area (TPSA) is 45.7 Å². The molecule has 3 aromatic carbocycles. The fourth-order valence-electron chi connectivity index (χ4n) is 3.12. The van der Waals surface area contributed by atoms with E-state index >= 15 is 0 Å². The van der Waals surface area contributed by atoms with Crippen LogP contribution in [0.1, 0.15) is 10.4 Å². The Labute approximate surface area is 188 Å². The van der Waals surface area contributed by atoms with Crippen molar-refractivity contribution >= 4 is 32.6 Å². The lowest BCUT2D eigenvalue weighted by Crippen LogP contribution is -2.36. The number of thiazole rings is 1. The van der Waals surface area contributed by atoms with Crippen molar-refractivity contribution in [3.8, 4) is 11.5 Å². The molecule has 0 aliphatic heterocycles. The van der Waals surface area contributed by atoms with Crippen LogP contribution in [0.2, 0.25) is 0 Å². The fraction of sp³-hybridized carbons (Fsp3) is 0.167. The van der Waals surface area contributed by atoms with E-state index in [9.17, 15) is 13.6 Å². The highest BCUT2D eigenvalue weighted by Gasteiger charge is 2.23. The zero-order valence-corrected chi connectivity index (χ0v) is 18.4. The summed E-state index contributed by atoms with van der Waals surface area (Å²) in [6, 6.07) is 18.1. The largest absolute Gasteiger partial charge is 0.457 e. The highest BCUT2D eigenvalue weighted by Crippen LogP contribution is 2.32. The maximum atomic E-state index is 14.2. The van der Waals surface area contributed by atoms with Crippen LogP contribution < -0.4 is 9.64 Å². The molecule has 0 spiro atoms. The number of halogens is 2. The van der Waals surface area contributed by atoms with E-state index in [0.717, 1.165) is 17.4 Å².